The van der Waals surface area contributed by atoms with Gasteiger partial charge in [0.25, 0.3) is 0 Å². The Morgan fingerprint density at radius 1 is 0.432 bits per heavy atom. The lowest BCUT2D eigenvalue weighted by Crippen LogP contribution is -2.61. The van der Waals surface area contributed by atoms with Gasteiger partial charge in [0, 0.05) is 12.8 Å². The van der Waals surface area contributed by atoms with Crippen molar-refractivity contribution in [3.05, 3.63) is 122 Å². The number of aliphatic hydroxyl groups excluding tert-OH is 2. The molecule has 1 rings (SSSR count). The van der Waals surface area contributed by atoms with Crippen LogP contribution in [0.3, 0.4) is 0 Å². The van der Waals surface area contributed by atoms with E-state index in [0.29, 0.717) is 19.3 Å². The Morgan fingerprint density at radius 3 is 1.25 bits per heavy atom. The van der Waals surface area contributed by atoms with Crippen LogP contribution in [-0.2, 0) is 42.9 Å². The summed E-state index contributed by atoms with van der Waals surface area (Å²) in [6.45, 7) is 5.73. The molecule has 0 amide bonds. The zero-order valence-electron chi connectivity index (χ0n) is 50.5. The first-order valence-corrected chi connectivity index (χ1v) is 31.5. The molecule has 0 aromatic carbocycles. The minimum absolute atomic E-state index is 0.0338. The number of allylic oxidation sites excluding steroid dienone is 19. The van der Waals surface area contributed by atoms with E-state index in [1.165, 1.54) is 44.9 Å². The van der Waals surface area contributed by atoms with Gasteiger partial charge in [0.15, 0.2) is 24.6 Å². The average molecular weight is 1130 g/mol. The molecule has 0 aliphatic carbocycles. The van der Waals surface area contributed by atoms with Gasteiger partial charge in [0.1, 0.15) is 18.8 Å². The van der Waals surface area contributed by atoms with E-state index in [4.69, 9.17) is 23.7 Å². The smallest absolute Gasteiger partial charge is 0.335 e. The van der Waals surface area contributed by atoms with Crippen LogP contribution in [0.25, 0.3) is 0 Å². The van der Waals surface area contributed by atoms with Gasteiger partial charge in [0.05, 0.1) is 13.0 Å². The number of hydrogen-bond acceptors (Lipinski definition) is 11. The monoisotopic (exact) mass is 1130 g/mol. The largest absolute Gasteiger partial charge is 0.479 e. The molecule has 12 heteroatoms. The van der Waals surface area contributed by atoms with E-state index in [1.54, 1.807) is 6.08 Å². The number of carboxylic acid groups (broad SMARTS) is 1. The Morgan fingerprint density at radius 2 is 0.815 bits per heavy atom. The number of carboxylic acids is 1. The maximum absolute atomic E-state index is 13.1. The molecule has 1 fully saturated rings. The number of aliphatic hydroxyl groups is 2. The fourth-order valence-electron chi connectivity index (χ4n) is 8.71. The van der Waals surface area contributed by atoms with E-state index in [2.05, 4.69) is 118 Å². The molecule has 12 nitrogen and oxygen atoms in total. The molecule has 81 heavy (non-hydrogen) atoms. The number of unbranched alkanes of at least 4 members (excludes halogenated alkanes) is 19. The minimum atomic E-state index is -1.93. The average Bonchev–Trinajstić information content (AvgIpc) is 3.53. The van der Waals surface area contributed by atoms with Crippen LogP contribution in [0, 0.1) is 0 Å². The molecule has 0 saturated carbocycles. The van der Waals surface area contributed by atoms with Crippen molar-refractivity contribution in [1.29, 1.82) is 0 Å². The van der Waals surface area contributed by atoms with Crippen molar-refractivity contribution in [2.45, 2.75) is 276 Å². The predicted octanol–water partition coefficient (Wildman–Crippen LogP) is 16.8. The summed E-state index contributed by atoms with van der Waals surface area (Å²) in [5.74, 6) is -3.33. The molecule has 1 aliphatic heterocycles. The second-order valence-electron chi connectivity index (χ2n) is 21.0. The molecule has 1 saturated heterocycles. The number of aliphatic carboxylic acids is 1. The second-order valence-corrected chi connectivity index (χ2v) is 21.0. The van der Waals surface area contributed by atoms with Crippen molar-refractivity contribution < 1.29 is 58.2 Å². The lowest BCUT2D eigenvalue weighted by atomic mass is 9.98. The van der Waals surface area contributed by atoms with E-state index in [9.17, 15) is 34.5 Å². The summed E-state index contributed by atoms with van der Waals surface area (Å²) >= 11 is 0. The molecular weight excluding hydrogens is 1020 g/mol. The summed E-state index contributed by atoms with van der Waals surface area (Å²) in [4.78, 5) is 51.2. The van der Waals surface area contributed by atoms with Crippen LogP contribution in [0.2, 0.25) is 0 Å². The maximum atomic E-state index is 13.1. The van der Waals surface area contributed by atoms with Gasteiger partial charge in [-0.2, -0.15) is 0 Å². The number of ether oxygens (including phenoxy) is 5. The van der Waals surface area contributed by atoms with Crippen molar-refractivity contribution >= 4 is 23.9 Å². The van der Waals surface area contributed by atoms with Gasteiger partial charge in [-0.05, 0) is 116 Å². The fraction of sp³-hybridized carbons (Fsp3) is 0.652. The minimum Gasteiger partial charge on any atom is -0.479 e. The molecule has 3 N–H and O–H groups in total. The van der Waals surface area contributed by atoms with Crippen molar-refractivity contribution in [2.24, 2.45) is 0 Å². The van der Waals surface area contributed by atoms with Crippen LogP contribution < -0.4 is 0 Å². The molecule has 1 heterocycles. The summed E-state index contributed by atoms with van der Waals surface area (Å²) in [5, 5.41) is 31.5. The van der Waals surface area contributed by atoms with Gasteiger partial charge in [0.2, 0.25) is 0 Å². The Kier molecular flexibility index (Phi) is 50.9. The number of hydrogen-bond donors (Lipinski definition) is 3. The Labute approximate surface area is 490 Å². The molecule has 6 unspecified atom stereocenters. The van der Waals surface area contributed by atoms with Gasteiger partial charge in [-0.3, -0.25) is 14.4 Å². The van der Waals surface area contributed by atoms with Gasteiger partial charge in [-0.25, -0.2) is 4.79 Å². The molecule has 0 bridgehead atoms. The molecular formula is C69H110O12. The molecule has 0 aromatic rings. The van der Waals surface area contributed by atoms with Crippen LogP contribution in [0.15, 0.2) is 122 Å². The molecule has 458 valence electrons. The lowest BCUT2D eigenvalue weighted by Gasteiger charge is -2.40. The highest BCUT2D eigenvalue weighted by molar-refractivity contribution is 5.74. The van der Waals surface area contributed by atoms with Crippen molar-refractivity contribution in [3.8, 4) is 0 Å². The third kappa shape index (κ3) is 45.3. The highest BCUT2D eigenvalue weighted by atomic mass is 16.7. The maximum Gasteiger partial charge on any atom is 0.335 e. The lowest BCUT2D eigenvalue weighted by molar-refractivity contribution is -0.301. The number of carbonyl (C=O) groups is 4. The summed E-state index contributed by atoms with van der Waals surface area (Å²) in [5.41, 5.74) is 0. The summed E-state index contributed by atoms with van der Waals surface area (Å²) in [7, 11) is 0. The van der Waals surface area contributed by atoms with E-state index in [-0.39, 0.29) is 25.9 Å². The van der Waals surface area contributed by atoms with E-state index >= 15 is 0 Å². The van der Waals surface area contributed by atoms with Gasteiger partial charge < -0.3 is 39.0 Å². The van der Waals surface area contributed by atoms with E-state index in [0.717, 1.165) is 135 Å². The quantitative estimate of drug-likeness (QED) is 0.0228. The second kappa shape index (κ2) is 55.6. The fourth-order valence-corrected chi connectivity index (χ4v) is 8.71. The third-order valence-electron chi connectivity index (χ3n) is 13.5. The molecule has 0 aromatic heterocycles. The zero-order chi connectivity index (χ0) is 58.9. The van der Waals surface area contributed by atoms with Crippen LogP contribution in [0.4, 0.5) is 0 Å². The summed E-state index contributed by atoms with van der Waals surface area (Å²) in [6, 6.07) is 0. The summed E-state index contributed by atoms with van der Waals surface area (Å²) < 4.78 is 28.3. The number of rotatable bonds is 52. The standard InChI is InChI=1S/C69H110O12/c1-4-7-10-13-16-19-22-25-28-30-31-33-35-37-40-43-46-49-52-55-61(70)77-58-60(79-62(71)56-53-50-47-44-41-38-34-27-24-21-18-15-12-9-6-3)59-78-69-67(65(74)64(73)66(81-69)68(75)76)80-63(72)57-54-51-48-45-42-39-36-32-29-26-23-20-17-14-11-8-5-2/h9,12,16-21,25-29,31,33-34,41,44,50,53,60,64-67,69,73-74H,4-8,10-11,13-15,22-24,30,32,35-40,42-43,45-49,51-52,54-59H2,1-3H3,(H,75,76)/b12-9-,19-16-,20-17-,21-18-,28-25-,29-26-,33-31-,34-27-,44-41-,53-50-. The highest BCUT2D eigenvalue weighted by Gasteiger charge is 2.50. The predicted molar refractivity (Wildman–Crippen MR) is 330 cm³/mol. The van der Waals surface area contributed by atoms with Gasteiger partial charge in [-0.1, -0.05) is 226 Å². The SMILES string of the molecule is CC/C=C\C/C=C\C/C=C\C/C=C\C/C=C\CC(=O)OC(COC(=O)CCCCCCCC/C=C\C/C=C\C/C=C\CCCCC)COC1OC(C(=O)O)C(O)C(O)C1OC(=O)CCCCCCCCC/C=C\C/C=C\CCCCC. The Bertz CT molecular complexity index is 1870. The highest BCUT2D eigenvalue weighted by Crippen LogP contribution is 2.26. The van der Waals surface area contributed by atoms with Crippen molar-refractivity contribution in [3.63, 3.8) is 0 Å². The van der Waals surface area contributed by atoms with Crippen LogP contribution >= 0.6 is 0 Å². The van der Waals surface area contributed by atoms with Crippen molar-refractivity contribution in [2.75, 3.05) is 13.2 Å². The van der Waals surface area contributed by atoms with Gasteiger partial charge in [-0.15, -0.1) is 0 Å². The Hall–Kier alpha value is -4.88. The topological polar surface area (TPSA) is 175 Å². The molecule has 6 atom stereocenters. The normalized spacial score (nSPS) is 18.6. The van der Waals surface area contributed by atoms with E-state index < -0.39 is 67.3 Å². The first kappa shape index (κ1) is 74.1. The van der Waals surface area contributed by atoms with Crippen LogP contribution in [0.1, 0.15) is 239 Å². The summed E-state index contributed by atoms with van der Waals surface area (Å²) in [6.07, 6.45) is 64.7. The first-order chi connectivity index (χ1) is 39.6. The third-order valence-corrected chi connectivity index (χ3v) is 13.5. The van der Waals surface area contributed by atoms with Crippen LogP contribution in [0.5, 0.6) is 0 Å². The zero-order valence-corrected chi connectivity index (χ0v) is 50.5. The van der Waals surface area contributed by atoms with E-state index in [1.807, 2.05) is 18.2 Å². The van der Waals surface area contributed by atoms with Crippen molar-refractivity contribution in [1.82, 2.24) is 0 Å². The van der Waals surface area contributed by atoms with Crippen LogP contribution in [-0.4, -0.2) is 89.2 Å². The molecule has 0 radical (unpaired) electrons. The molecule has 1 aliphatic rings. The molecule has 0 spiro atoms. The van der Waals surface area contributed by atoms with Gasteiger partial charge >= 0.3 is 23.9 Å². The number of esters is 3. The first-order valence-electron chi connectivity index (χ1n) is 31.5. The Balaban J connectivity index is 2.73. The number of carbonyl (C=O) groups excluding carboxylic acids is 3.